The molecule has 1 aliphatic heterocycles. The van der Waals surface area contributed by atoms with E-state index in [-0.39, 0.29) is 11.8 Å². The van der Waals surface area contributed by atoms with Crippen LogP contribution >= 0.6 is 0 Å². The lowest BCUT2D eigenvalue weighted by molar-refractivity contribution is -0.123. The van der Waals surface area contributed by atoms with Gasteiger partial charge in [-0.15, -0.1) is 0 Å². The van der Waals surface area contributed by atoms with Crippen LogP contribution in [0, 0.1) is 5.92 Å². The Balaban J connectivity index is 1.41. The van der Waals surface area contributed by atoms with Gasteiger partial charge in [-0.2, -0.15) is 0 Å². The van der Waals surface area contributed by atoms with E-state index in [1.807, 2.05) is 36.4 Å². The molecule has 3 aromatic rings. The van der Waals surface area contributed by atoms with Crippen LogP contribution in [0.5, 0.6) is 5.75 Å². The SMILES string of the molecule is COc1ccc(-c2cc(NCCCN3CCC(C(N)=O)CC3)c3ccccc3n2)cc1. The van der Waals surface area contributed by atoms with E-state index in [4.69, 9.17) is 15.5 Å². The Labute approximate surface area is 183 Å². The van der Waals surface area contributed by atoms with Gasteiger partial charge >= 0.3 is 0 Å². The minimum absolute atomic E-state index is 0.0499. The van der Waals surface area contributed by atoms with Gasteiger partial charge in [-0.25, -0.2) is 4.98 Å². The number of aromatic nitrogens is 1. The second kappa shape index (κ2) is 9.79. The van der Waals surface area contributed by atoms with Crippen molar-refractivity contribution in [2.24, 2.45) is 11.7 Å². The predicted octanol–water partition coefficient (Wildman–Crippen LogP) is 3.91. The van der Waals surface area contributed by atoms with Crippen LogP contribution < -0.4 is 15.8 Å². The molecule has 6 nitrogen and oxygen atoms in total. The number of fused-ring (bicyclic) bond motifs is 1. The first-order chi connectivity index (χ1) is 15.1. The fraction of sp³-hybridized carbons (Fsp3) is 0.360. The Bertz CT molecular complexity index is 1030. The molecular formula is C25H30N4O2. The van der Waals surface area contributed by atoms with E-state index < -0.39 is 0 Å². The number of carbonyl (C=O) groups is 1. The van der Waals surface area contributed by atoms with Crippen LogP contribution in [0.25, 0.3) is 22.2 Å². The van der Waals surface area contributed by atoms with Crippen LogP contribution in [-0.4, -0.2) is 49.1 Å². The third kappa shape index (κ3) is 5.14. The van der Waals surface area contributed by atoms with Crippen molar-refractivity contribution < 1.29 is 9.53 Å². The number of piperidine rings is 1. The van der Waals surface area contributed by atoms with E-state index in [2.05, 4.69) is 28.4 Å². The van der Waals surface area contributed by atoms with Gasteiger partial charge in [-0.3, -0.25) is 4.79 Å². The summed E-state index contributed by atoms with van der Waals surface area (Å²) in [6, 6.07) is 18.3. The van der Waals surface area contributed by atoms with E-state index in [1.165, 1.54) is 0 Å². The fourth-order valence-corrected chi connectivity index (χ4v) is 4.20. The van der Waals surface area contributed by atoms with Crippen LogP contribution in [0.1, 0.15) is 19.3 Å². The van der Waals surface area contributed by atoms with Crippen LogP contribution in [0.3, 0.4) is 0 Å². The van der Waals surface area contributed by atoms with Gasteiger partial charge in [-0.05, 0) is 75.3 Å². The smallest absolute Gasteiger partial charge is 0.220 e. The molecule has 1 aromatic heterocycles. The first-order valence-electron chi connectivity index (χ1n) is 10.9. The lowest BCUT2D eigenvalue weighted by Gasteiger charge is -2.30. The maximum Gasteiger partial charge on any atom is 0.220 e. The van der Waals surface area contributed by atoms with Crippen LogP contribution in [-0.2, 0) is 4.79 Å². The molecule has 31 heavy (non-hydrogen) atoms. The van der Waals surface area contributed by atoms with E-state index >= 15 is 0 Å². The van der Waals surface area contributed by atoms with Gasteiger partial charge in [0.1, 0.15) is 5.75 Å². The fourth-order valence-electron chi connectivity index (χ4n) is 4.20. The summed E-state index contributed by atoms with van der Waals surface area (Å²) >= 11 is 0. The number of nitrogens with one attached hydrogen (secondary N) is 1. The molecule has 1 amide bonds. The number of nitrogens with zero attached hydrogens (tertiary/aromatic N) is 2. The van der Waals surface area contributed by atoms with Gasteiger partial charge in [0.2, 0.25) is 5.91 Å². The van der Waals surface area contributed by atoms with Gasteiger partial charge in [0.05, 0.1) is 18.3 Å². The third-order valence-corrected chi connectivity index (χ3v) is 6.06. The van der Waals surface area contributed by atoms with Crippen molar-refractivity contribution in [3.63, 3.8) is 0 Å². The highest BCUT2D eigenvalue weighted by molar-refractivity contribution is 5.93. The zero-order chi connectivity index (χ0) is 21.6. The Kier molecular flexibility index (Phi) is 6.67. The Morgan fingerprint density at radius 2 is 1.90 bits per heavy atom. The van der Waals surface area contributed by atoms with E-state index in [9.17, 15) is 4.79 Å². The van der Waals surface area contributed by atoms with Gasteiger partial charge in [0.15, 0.2) is 0 Å². The summed E-state index contributed by atoms with van der Waals surface area (Å²) in [7, 11) is 1.67. The molecule has 0 radical (unpaired) electrons. The Morgan fingerprint density at radius 1 is 1.16 bits per heavy atom. The minimum atomic E-state index is -0.154. The van der Waals surface area contributed by atoms with Crippen molar-refractivity contribution in [3.8, 4) is 17.0 Å². The second-order valence-corrected chi connectivity index (χ2v) is 8.10. The molecule has 2 aromatic carbocycles. The first kappa shape index (κ1) is 21.1. The number of pyridine rings is 1. The molecule has 1 aliphatic rings. The van der Waals surface area contributed by atoms with Gasteiger partial charge < -0.3 is 20.7 Å². The molecule has 0 bridgehead atoms. The number of anilines is 1. The number of nitrogens with two attached hydrogens (primary N) is 1. The number of ether oxygens (including phenoxy) is 1. The number of primary amides is 1. The number of carbonyl (C=O) groups excluding carboxylic acids is 1. The van der Waals surface area contributed by atoms with Crippen molar-refractivity contribution in [2.75, 3.05) is 38.6 Å². The molecule has 4 rings (SSSR count). The number of rotatable bonds is 8. The van der Waals surface area contributed by atoms with Crippen molar-refractivity contribution in [3.05, 3.63) is 54.6 Å². The number of hydrogen-bond donors (Lipinski definition) is 2. The molecule has 0 unspecified atom stereocenters. The molecule has 162 valence electrons. The third-order valence-electron chi connectivity index (χ3n) is 6.06. The standard InChI is InChI=1S/C25H30N4O2/c1-31-20-9-7-18(8-10-20)23-17-24(21-5-2-3-6-22(21)28-23)27-13-4-14-29-15-11-19(12-16-29)25(26)30/h2-3,5-10,17,19H,4,11-16H2,1H3,(H2,26,30)(H,27,28). The lowest BCUT2D eigenvalue weighted by atomic mass is 9.96. The topological polar surface area (TPSA) is 80.5 Å². The zero-order valence-electron chi connectivity index (χ0n) is 18.0. The molecule has 0 atom stereocenters. The molecule has 1 fully saturated rings. The van der Waals surface area contributed by atoms with Crippen molar-refractivity contribution >= 4 is 22.5 Å². The van der Waals surface area contributed by atoms with Crippen molar-refractivity contribution in [1.82, 2.24) is 9.88 Å². The van der Waals surface area contributed by atoms with Crippen LogP contribution in [0.15, 0.2) is 54.6 Å². The quantitative estimate of drug-likeness (QED) is 0.542. The lowest BCUT2D eigenvalue weighted by Crippen LogP contribution is -2.39. The summed E-state index contributed by atoms with van der Waals surface area (Å²) in [6.45, 7) is 3.81. The number of amides is 1. The molecule has 3 N–H and O–H groups in total. The summed E-state index contributed by atoms with van der Waals surface area (Å²) in [5, 5.41) is 4.75. The number of para-hydroxylation sites is 1. The molecule has 6 heteroatoms. The summed E-state index contributed by atoms with van der Waals surface area (Å²) in [5.41, 5.74) is 9.52. The highest BCUT2D eigenvalue weighted by Gasteiger charge is 2.22. The van der Waals surface area contributed by atoms with Crippen LogP contribution in [0.4, 0.5) is 5.69 Å². The molecular weight excluding hydrogens is 388 g/mol. The monoisotopic (exact) mass is 418 g/mol. The van der Waals surface area contributed by atoms with E-state index in [1.54, 1.807) is 7.11 Å². The second-order valence-electron chi connectivity index (χ2n) is 8.10. The number of hydrogen-bond acceptors (Lipinski definition) is 5. The van der Waals surface area contributed by atoms with E-state index in [0.29, 0.717) is 0 Å². The van der Waals surface area contributed by atoms with Gasteiger partial charge in [0, 0.05) is 29.1 Å². The largest absolute Gasteiger partial charge is 0.497 e. The molecule has 2 heterocycles. The van der Waals surface area contributed by atoms with Crippen molar-refractivity contribution in [2.45, 2.75) is 19.3 Å². The summed E-state index contributed by atoms with van der Waals surface area (Å²) in [5.74, 6) is 0.732. The van der Waals surface area contributed by atoms with Crippen LogP contribution in [0.2, 0.25) is 0 Å². The summed E-state index contributed by atoms with van der Waals surface area (Å²) in [6.07, 6.45) is 2.79. The average Bonchev–Trinajstić information content (AvgIpc) is 2.82. The number of likely N-dealkylation sites (tertiary alicyclic amines) is 1. The van der Waals surface area contributed by atoms with Gasteiger partial charge in [-0.1, -0.05) is 18.2 Å². The predicted molar refractivity (Wildman–Crippen MR) is 125 cm³/mol. The summed E-state index contributed by atoms with van der Waals surface area (Å²) < 4.78 is 5.27. The maximum atomic E-state index is 11.3. The summed E-state index contributed by atoms with van der Waals surface area (Å²) in [4.78, 5) is 18.6. The molecule has 0 aliphatic carbocycles. The zero-order valence-corrected chi connectivity index (χ0v) is 18.0. The number of methoxy groups -OCH3 is 1. The first-order valence-corrected chi connectivity index (χ1v) is 10.9. The highest BCUT2D eigenvalue weighted by Crippen LogP contribution is 2.29. The average molecular weight is 419 g/mol. The normalized spacial score (nSPS) is 15.1. The number of benzene rings is 2. The van der Waals surface area contributed by atoms with E-state index in [0.717, 1.165) is 79.0 Å². The minimum Gasteiger partial charge on any atom is -0.497 e. The highest BCUT2D eigenvalue weighted by atomic mass is 16.5. The Morgan fingerprint density at radius 3 is 2.61 bits per heavy atom. The van der Waals surface area contributed by atoms with Crippen molar-refractivity contribution in [1.29, 1.82) is 0 Å². The molecule has 1 saturated heterocycles. The molecule has 0 spiro atoms. The van der Waals surface area contributed by atoms with Gasteiger partial charge in [0.25, 0.3) is 0 Å². The Hall–Kier alpha value is -3.12. The maximum absolute atomic E-state index is 11.3. The molecule has 0 saturated carbocycles.